The van der Waals surface area contributed by atoms with Crippen molar-refractivity contribution >= 4 is 17.8 Å². The van der Waals surface area contributed by atoms with Crippen molar-refractivity contribution < 1.29 is 9.59 Å². The summed E-state index contributed by atoms with van der Waals surface area (Å²) in [6.07, 6.45) is 0. The number of hydrogen-bond donors (Lipinski definition) is 3. The predicted octanol–water partition coefficient (Wildman–Crippen LogP) is 1.46. The normalized spacial score (nSPS) is 10.6. The Bertz CT molecular complexity index is 1130. The summed E-state index contributed by atoms with van der Waals surface area (Å²) in [7, 11) is 0. The smallest absolute Gasteiger partial charge is 0.270 e. The van der Waals surface area contributed by atoms with Gasteiger partial charge in [-0.3, -0.25) is 19.6 Å². The number of nitrogens with two attached hydrogens (primary N) is 1. The van der Waals surface area contributed by atoms with E-state index in [1.54, 1.807) is 22.9 Å². The van der Waals surface area contributed by atoms with Crippen LogP contribution in [0.4, 0.5) is 5.95 Å². The fourth-order valence-electron chi connectivity index (χ4n) is 2.82. The number of anilines is 1. The van der Waals surface area contributed by atoms with Gasteiger partial charge in [0.2, 0.25) is 0 Å². The highest BCUT2D eigenvalue weighted by atomic mass is 16.2. The van der Waals surface area contributed by atoms with Crippen molar-refractivity contribution in [3.63, 3.8) is 0 Å². The van der Waals surface area contributed by atoms with Crippen LogP contribution in [0.3, 0.4) is 0 Å². The Morgan fingerprint density at radius 3 is 2.48 bits per heavy atom. The minimum Gasteiger partial charge on any atom is -0.364 e. The maximum Gasteiger partial charge on any atom is 0.270 e. The number of tetrazole rings is 1. The zero-order valence-electron chi connectivity index (χ0n) is 15.1. The maximum atomic E-state index is 12.2. The summed E-state index contributed by atoms with van der Waals surface area (Å²) in [5, 5.41) is 19.9. The highest BCUT2D eigenvalue weighted by Crippen LogP contribution is 2.21. The van der Waals surface area contributed by atoms with E-state index in [-0.39, 0.29) is 17.5 Å². The molecular weight excluding hydrogens is 372 g/mol. The van der Waals surface area contributed by atoms with Crippen LogP contribution in [-0.2, 0) is 6.54 Å². The number of amides is 2. The second-order valence-electron chi connectivity index (χ2n) is 6.19. The molecule has 144 valence electrons. The lowest BCUT2D eigenvalue weighted by atomic mass is 10.1. The summed E-state index contributed by atoms with van der Waals surface area (Å²) in [4.78, 5) is 23.8. The van der Waals surface area contributed by atoms with Gasteiger partial charge in [0.05, 0.1) is 12.2 Å². The maximum absolute atomic E-state index is 12.2. The molecule has 10 heteroatoms. The molecule has 0 saturated carbocycles. The van der Waals surface area contributed by atoms with Gasteiger partial charge in [0.15, 0.2) is 5.69 Å². The molecule has 0 atom stereocenters. The van der Waals surface area contributed by atoms with E-state index in [1.165, 1.54) is 0 Å². The van der Waals surface area contributed by atoms with E-state index >= 15 is 0 Å². The fourth-order valence-corrected chi connectivity index (χ4v) is 2.82. The lowest BCUT2D eigenvalue weighted by Gasteiger charge is -2.08. The molecule has 10 nitrogen and oxygen atoms in total. The lowest BCUT2D eigenvalue weighted by Crippen LogP contribution is -2.14. The number of aromatic amines is 1. The van der Waals surface area contributed by atoms with Gasteiger partial charge in [-0.05, 0) is 34.5 Å². The fraction of sp³-hybridized carbons (Fsp3) is 0.0526. The van der Waals surface area contributed by atoms with Crippen molar-refractivity contribution in [3.8, 4) is 11.3 Å². The molecule has 4 N–H and O–H groups in total. The summed E-state index contributed by atoms with van der Waals surface area (Å²) in [6, 6.07) is 18.3. The third kappa shape index (κ3) is 4.00. The van der Waals surface area contributed by atoms with Crippen LogP contribution in [0, 0.1) is 0 Å². The highest BCUT2D eigenvalue weighted by Gasteiger charge is 2.14. The Kier molecular flexibility index (Phi) is 4.81. The quantitative estimate of drug-likeness (QED) is 0.456. The van der Waals surface area contributed by atoms with Gasteiger partial charge < -0.3 is 5.73 Å². The number of aromatic nitrogens is 6. The van der Waals surface area contributed by atoms with Crippen LogP contribution in [0.25, 0.3) is 11.3 Å². The largest absolute Gasteiger partial charge is 0.364 e. The van der Waals surface area contributed by atoms with Gasteiger partial charge in [-0.2, -0.15) is 10.3 Å². The first-order chi connectivity index (χ1) is 14.1. The number of carbonyl (C=O) groups excluding carboxylic acids is 2. The molecule has 2 aromatic heterocycles. The number of hydrogen-bond acceptors (Lipinski definition) is 6. The minimum atomic E-state index is -0.589. The van der Waals surface area contributed by atoms with Gasteiger partial charge >= 0.3 is 0 Å². The minimum absolute atomic E-state index is 0.0992. The van der Waals surface area contributed by atoms with Crippen molar-refractivity contribution in [1.29, 1.82) is 0 Å². The van der Waals surface area contributed by atoms with Crippen molar-refractivity contribution in [2.24, 2.45) is 5.73 Å². The molecule has 0 fully saturated rings. The van der Waals surface area contributed by atoms with Crippen LogP contribution in [0.5, 0.6) is 0 Å². The SMILES string of the molecule is NC(=O)c1cc(-c2ccccc2)n(Cc2ccc(C(=O)Nc3nn[nH]n3)cc2)n1. The number of benzene rings is 2. The number of nitrogens with one attached hydrogen (secondary N) is 2. The summed E-state index contributed by atoms with van der Waals surface area (Å²) in [6.45, 7) is 0.407. The molecule has 0 aliphatic heterocycles. The standard InChI is InChI=1S/C19H16N8O2/c20-17(28)15-10-16(13-4-2-1-3-5-13)27(24-15)11-12-6-8-14(9-7-12)18(29)21-19-22-25-26-23-19/h1-10H,11H2,(H2,20,28)(H2,21,22,23,25,26,29). The van der Waals surface area contributed by atoms with E-state index in [4.69, 9.17) is 5.73 Å². The zero-order valence-corrected chi connectivity index (χ0v) is 15.1. The van der Waals surface area contributed by atoms with Crippen molar-refractivity contribution in [3.05, 3.63) is 77.5 Å². The van der Waals surface area contributed by atoms with E-state index in [9.17, 15) is 9.59 Å². The molecule has 4 aromatic rings. The van der Waals surface area contributed by atoms with Crippen molar-refractivity contribution in [1.82, 2.24) is 30.4 Å². The first kappa shape index (κ1) is 18.0. The molecule has 0 aliphatic rings. The van der Waals surface area contributed by atoms with Crippen molar-refractivity contribution in [2.75, 3.05) is 5.32 Å². The molecule has 0 bridgehead atoms. The first-order valence-corrected chi connectivity index (χ1v) is 8.67. The molecule has 2 aromatic carbocycles. The summed E-state index contributed by atoms with van der Waals surface area (Å²) in [5.41, 5.74) is 8.64. The molecule has 2 heterocycles. The van der Waals surface area contributed by atoms with Crippen molar-refractivity contribution in [2.45, 2.75) is 6.54 Å². The van der Waals surface area contributed by atoms with E-state index in [0.29, 0.717) is 12.1 Å². The molecule has 2 amide bonds. The lowest BCUT2D eigenvalue weighted by molar-refractivity contribution is 0.0992. The van der Waals surface area contributed by atoms with E-state index < -0.39 is 5.91 Å². The predicted molar refractivity (Wildman–Crippen MR) is 104 cm³/mol. The number of nitrogens with zero attached hydrogens (tertiary/aromatic N) is 5. The first-order valence-electron chi connectivity index (χ1n) is 8.67. The van der Waals surface area contributed by atoms with E-state index in [1.807, 2.05) is 42.5 Å². The molecule has 4 rings (SSSR count). The van der Waals surface area contributed by atoms with Gasteiger partial charge in [0.25, 0.3) is 17.8 Å². The molecule has 0 aliphatic carbocycles. The average molecular weight is 388 g/mol. The molecule has 0 unspecified atom stereocenters. The number of rotatable bonds is 6. The van der Waals surface area contributed by atoms with Gasteiger partial charge in [0, 0.05) is 5.56 Å². The van der Waals surface area contributed by atoms with Gasteiger partial charge in [-0.25, -0.2) is 0 Å². The van der Waals surface area contributed by atoms with Gasteiger partial charge in [-0.1, -0.05) is 47.6 Å². The molecule has 29 heavy (non-hydrogen) atoms. The average Bonchev–Trinajstić information content (AvgIpc) is 3.39. The Morgan fingerprint density at radius 1 is 1.07 bits per heavy atom. The van der Waals surface area contributed by atoms with Gasteiger partial charge in [-0.15, -0.1) is 5.10 Å². The zero-order chi connectivity index (χ0) is 20.2. The van der Waals surface area contributed by atoms with Crippen LogP contribution in [0.1, 0.15) is 26.4 Å². The van der Waals surface area contributed by atoms with E-state index in [2.05, 4.69) is 31.0 Å². The monoisotopic (exact) mass is 388 g/mol. The van der Waals surface area contributed by atoms with Gasteiger partial charge in [0.1, 0.15) is 0 Å². The Hall–Kier alpha value is -4.34. The van der Waals surface area contributed by atoms with Crippen LogP contribution in [0.2, 0.25) is 0 Å². The Balaban J connectivity index is 1.56. The second kappa shape index (κ2) is 7.72. The third-order valence-electron chi connectivity index (χ3n) is 4.22. The van der Waals surface area contributed by atoms with E-state index in [0.717, 1.165) is 16.8 Å². The molecule has 0 spiro atoms. The number of primary amides is 1. The van der Waals surface area contributed by atoms with Crippen LogP contribution in [0.15, 0.2) is 60.7 Å². The van der Waals surface area contributed by atoms with Crippen LogP contribution < -0.4 is 11.1 Å². The molecule has 0 radical (unpaired) electrons. The number of H-pyrrole nitrogens is 1. The van der Waals surface area contributed by atoms with Crippen LogP contribution in [-0.4, -0.2) is 42.2 Å². The van der Waals surface area contributed by atoms with Crippen LogP contribution >= 0.6 is 0 Å². The Morgan fingerprint density at radius 2 is 1.83 bits per heavy atom. The number of carbonyl (C=O) groups is 2. The Labute approximate surface area is 164 Å². The molecular formula is C19H16N8O2. The highest BCUT2D eigenvalue weighted by molar-refractivity contribution is 6.03. The summed E-state index contributed by atoms with van der Waals surface area (Å²) in [5.74, 6) is -0.838. The molecule has 0 saturated heterocycles. The second-order valence-corrected chi connectivity index (χ2v) is 6.19. The summed E-state index contributed by atoms with van der Waals surface area (Å²) < 4.78 is 1.71. The topological polar surface area (TPSA) is 144 Å². The summed E-state index contributed by atoms with van der Waals surface area (Å²) >= 11 is 0. The third-order valence-corrected chi connectivity index (χ3v) is 4.22.